The van der Waals surface area contributed by atoms with Gasteiger partial charge in [0.15, 0.2) is 0 Å². The normalized spacial score (nSPS) is 15.0. The van der Waals surface area contributed by atoms with Crippen LogP contribution in [0.5, 0.6) is 0 Å². The number of amides is 2. The van der Waals surface area contributed by atoms with E-state index >= 15 is 0 Å². The number of rotatable bonds is 6. The first-order chi connectivity index (χ1) is 13.1. The molecule has 0 unspecified atom stereocenters. The zero-order valence-corrected chi connectivity index (χ0v) is 16.1. The fourth-order valence-corrected chi connectivity index (χ4v) is 3.54. The minimum Gasteiger partial charge on any atom is -0.361 e. The van der Waals surface area contributed by atoms with Crippen LogP contribution in [0.1, 0.15) is 36.8 Å². The number of piperidine rings is 1. The lowest BCUT2D eigenvalue weighted by molar-refractivity contribution is -0.141. The highest BCUT2D eigenvalue weighted by molar-refractivity contribution is 5.81. The van der Waals surface area contributed by atoms with Crippen LogP contribution < -0.4 is 0 Å². The van der Waals surface area contributed by atoms with Crippen molar-refractivity contribution >= 4 is 11.8 Å². The molecule has 6 heteroatoms. The second-order valence-electron chi connectivity index (χ2n) is 7.10. The van der Waals surface area contributed by atoms with Gasteiger partial charge in [-0.15, -0.1) is 0 Å². The van der Waals surface area contributed by atoms with Crippen LogP contribution >= 0.6 is 0 Å². The van der Waals surface area contributed by atoms with Crippen LogP contribution in [0.4, 0.5) is 0 Å². The Bertz CT molecular complexity index is 764. The number of likely N-dealkylation sites (tertiary alicyclic amines) is 1. The Kier molecular flexibility index (Phi) is 6.27. The van der Waals surface area contributed by atoms with Crippen molar-refractivity contribution in [1.82, 2.24) is 15.0 Å². The average Bonchev–Trinajstić information content (AvgIpc) is 3.11. The fourth-order valence-electron chi connectivity index (χ4n) is 3.54. The highest BCUT2D eigenvalue weighted by Gasteiger charge is 2.30. The van der Waals surface area contributed by atoms with Gasteiger partial charge in [0.2, 0.25) is 11.8 Å². The van der Waals surface area contributed by atoms with E-state index in [0.29, 0.717) is 44.8 Å². The molecule has 6 nitrogen and oxygen atoms in total. The molecule has 0 saturated carbocycles. The Hall–Kier alpha value is -2.63. The van der Waals surface area contributed by atoms with E-state index in [1.54, 1.807) is 6.07 Å². The number of nitrogens with zero attached hydrogens (tertiary/aromatic N) is 3. The van der Waals surface area contributed by atoms with Crippen molar-refractivity contribution in [3.63, 3.8) is 0 Å². The minimum atomic E-state index is -0.00904. The van der Waals surface area contributed by atoms with E-state index in [4.69, 9.17) is 4.52 Å². The van der Waals surface area contributed by atoms with Crippen molar-refractivity contribution in [3.8, 4) is 0 Å². The van der Waals surface area contributed by atoms with Crippen molar-refractivity contribution in [3.05, 3.63) is 53.4 Å². The number of carbonyl (C=O) groups is 2. The van der Waals surface area contributed by atoms with Gasteiger partial charge in [-0.2, -0.15) is 0 Å². The van der Waals surface area contributed by atoms with E-state index in [0.717, 1.165) is 11.3 Å². The summed E-state index contributed by atoms with van der Waals surface area (Å²) in [7, 11) is 0. The molecule has 0 N–H and O–H groups in total. The molecule has 1 saturated heterocycles. The Morgan fingerprint density at radius 1 is 1.22 bits per heavy atom. The molecule has 1 aromatic heterocycles. The minimum absolute atomic E-state index is 0.00904. The first-order valence-corrected chi connectivity index (χ1v) is 9.59. The van der Waals surface area contributed by atoms with Gasteiger partial charge in [0.1, 0.15) is 5.76 Å². The van der Waals surface area contributed by atoms with E-state index in [2.05, 4.69) is 5.16 Å². The van der Waals surface area contributed by atoms with Crippen molar-refractivity contribution in [1.29, 1.82) is 0 Å². The summed E-state index contributed by atoms with van der Waals surface area (Å²) in [6.45, 7) is 6.41. The summed E-state index contributed by atoms with van der Waals surface area (Å²) in [6.07, 6.45) is 1.66. The molecule has 144 valence electrons. The molecular weight excluding hydrogens is 342 g/mol. The molecule has 2 aromatic rings. The molecule has 0 aliphatic carbocycles. The summed E-state index contributed by atoms with van der Waals surface area (Å²) in [5.74, 6) is 0.814. The zero-order valence-electron chi connectivity index (χ0n) is 16.1. The van der Waals surface area contributed by atoms with E-state index in [9.17, 15) is 9.59 Å². The third kappa shape index (κ3) is 4.96. The lowest BCUT2D eigenvalue weighted by Gasteiger charge is -2.34. The topological polar surface area (TPSA) is 66.7 Å². The van der Waals surface area contributed by atoms with Gasteiger partial charge in [-0.3, -0.25) is 9.59 Å². The standard InChI is InChI=1S/C21H27N3O3/c1-3-23(15-17-7-5-4-6-8-17)21(26)18-9-11-24(12-10-18)20(25)14-19-13-16(2)22-27-19/h4-8,13,18H,3,9-12,14-15H2,1-2H3. The molecule has 27 heavy (non-hydrogen) atoms. The predicted molar refractivity (Wildman–Crippen MR) is 102 cm³/mol. The number of hydrogen-bond acceptors (Lipinski definition) is 4. The first-order valence-electron chi connectivity index (χ1n) is 9.59. The van der Waals surface area contributed by atoms with Crippen LogP contribution in [0.2, 0.25) is 0 Å². The lowest BCUT2D eigenvalue weighted by atomic mass is 9.94. The van der Waals surface area contributed by atoms with E-state index in [1.165, 1.54) is 0 Å². The number of carbonyl (C=O) groups excluding carboxylic acids is 2. The average molecular weight is 369 g/mol. The third-order valence-electron chi connectivity index (χ3n) is 5.11. The SMILES string of the molecule is CCN(Cc1ccccc1)C(=O)C1CCN(C(=O)Cc2cc(C)no2)CC1. The second kappa shape index (κ2) is 8.84. The summed E-state index contributed by atoms with van der Waals surface area (Å²) in [5.41, 5.74) is 1.92. The molecular formula is C21H27N3O3. The van der Waals surface area contributed by atoms with Crippen molar-refractivity contribution < 1.29 is 14.1 Å². The summed E-state index contributed by atoms with van der Waals surface area (Å²) in [4.78, 5) is 29.1. The Balaban J connectivity index is 1.51. The van der Waals surface area contributed by atoms with Crippen LogP contribution in [0.25, 0.3) is 0 Å². The zero-order chi connectivity index (χ0) is 19.2. The van der Waals surface area contributed by atoms with Gasteiger partial charge < -0.3 is 14.3 Å². The van der Waals surface area contributed by atoms with Gasteiger partial charge in [-0.05, 0) is 32.3 Å². The molecule has 0 spiro atoms. The molecule has 1 fully saturated rings. The Labute approximate surface area is 160 Å². The molecule has 0 atom stereocenters. The van der Waals surface area contributed by atoms with Crippen LogP contribution in [0.3, 0.4) is 0 Å². The smallest absolute Gasteiger partial charge is 0.230 e. The van der Waals surface area contributed by atoms with Gasteiger partial charge in [0, 0.05) is 38.2 Å². The second-order valence-corrected chi connectivity index (χ2v) is 7.10. The maximum absolute atomic E-state index is 12.9. The van der Waals surface area contributed by atoms with Crippen molar-refractivity contribution in [2.45, 2.75) is 39.7 Å². The van der Waals surface area contributed by atoms with Gasteiger partial charge in [-0.1, -0.05) is 35.5 Å². The molecule has 0 bridgehead atoms. The molecule has 0 radical (unpaired) electrons. The monoisotopic (exact) mass is 369 g/mol. The molecule has 2 heterocycles. The number of hydrogen-bond donors (Lipinski definition) is 0. The molecule has 2 amide bonds. The van der Waals surface area contributed by atoms with Gasteiger partial charge in [0.25, 0.3) is 0 Å². The summed E-state index contributed by atoms with van der Waals surface area (Å²) in [6, 6.07) is 11.8. The quantitative estimate of drug-likeness (QED) is 0.785. The van der Waals surface area contributed by atoms with Gasteiger partial charge in [-0.25, -0.2) is 0 Å². The van der Waals surface area contributed by atoms with E-state index < -0.39 is 0 Å². The van der Waals surface area contributed by atoms with Crippen LogP contribution in [0.15, 0.2) is 40.9 Å². The maximum atomic E-state index is 12.9. The summed E-state index contributed by atoms with van der Waals surface area (Å²) < 4.78 is 5.13. The Morgan fingerprint density at radius 3 is 2.52 bits per heavy atom. The number of benzene rings is 1. The number of aromatic nitrogens is 1. The number of aryl methyl sites for hydroxylation is 1. The summed E-state index contributed by atoms with van der Waals surface area (Å²) >= 11 is 0. The fraction of sp³-hybridized carbons (Fsp3) is 0.476. The van der Waals surface area contributed by atoms with Crippen LogP contribution in [-0.4, -0.2) is 46.4 Å². The van der Waals surface area contributed by atoms with Gasteiger partial charge in [0.05, 0.1) is 12.1 Å². The Morgan fingerprint density at radius 2 is 1.93 bits per heavy atom. The van der Waals surface area contributed by atoms with E-state index in [1.807, 2.05) is 54.0 Å². The molecule has 1 aliphatic rings. The van der Waals surface area contributed by atoms with Crippen molar-refractivity contribution in [2.75, 3.05) is 19.6 Å². The van der Waals surface area contributed by atoms with E-state index in [-0.39, 0.29) is 24.2 Å². The molecule has 1 aromatic carbocycles. The van der Waals surface area contributed by atoms with Crippen molar-refractivity contribution in [2.24, 2.45) is 5.92 Å². The largest absolute Gasteiger partial charge is 0.361 e. The summed E-state index contributed by atoms with van der Waals surface area (Å²) in [5, 5.41) is 3.82. The maximum Gasteiger partial charge on any atom is 0.230 e. The van der Waals surface area contributed by atoms with Crippen LogP contribution in [0, 0.1) is 12.8 Å². The molecule has 1 aliphatic heterocycles. The molecule has 3 rings (SSSR count). The van der Waals surface area contributed by atoms with Gasteiger partial charge >= 0.3 is 0 Å². The highest BCUT2D eigenvalue weighted by atomic mass is 16.5. The first kappa shape index (κ1) is 19.1. The van der Waals surface area contributed by atoms with Crippen LogP contribution in [-0.2, 0) is 22.6 Å². The highest BCUT2D eigenvalue weighted by Crippen LogP contribution is 2.21. The third-order valence-corrected chi connectivity index (χ3v) is 5.11. The predicted octanol–water partition coefficient (Wildman–Crippen LogP) is 2.81. The lowest BCUT2D eigenvalue weighted by Crippen LogP contribution is -2.44.